The lowest BCUT2D eigenvalue weighted by Crippen LogP contribution is -2.27. The molecule has 0 radical (unpaired) electrons. The second-order valence-corrected chi connectivity index (χ2v) is 5.60. The fourth-order valence-electron chi connectivity index (χ4n) is 2.03. The number of fused-ring (bicyclic) bond motifs is 1. The molecular formula is C13H18ClNOS. The van der Waals surface area contributed by atoms with Gasteiger partial charge in [-0.25, -0.2) is 0 Å². The quantitative estimate of drug-likeness (QED) is 0.828. The van der Waals surface area contributed by atoms with E-state index in [4.69, 9.17) is 16.3 Å². The molecule has 0 saturated heterocycles. The molecule has 0 fully saturated rings. The average molecular weight is 272 g/mol. The first kappa shape index (κ1) is 13.2. The van der Waals surface area contributed by atoms with Crippen LogP contribution in [0.3, 0.4) is 0 Å². The van der Waals surface area contributed by atoms with Crippen molar-refractivity contribution in [1.29, 1.82) is 0 Å². The SMILES string of the molecule is CCOCCNC1CCSc2ccc(Cl)cc21. The summed E-state index contributed by atoms with van der Waals surface area (Å²) < 4.78 is 5.34. The summed E-state index contributed by atoms with van der Waals surface area (Å²) in [7, 11) is 0. The number of benzene rings is 1. The maximum Gasteiger partial charge on any atom is 0.0590 e. The monoisotopic (exact) mass is 271 g/mol. The molecule has 0 spiro atoms. The predicted octanol–water partition coefficient (Wildman–Crippen LogP) is 3.50. The summed E-state index contributed by atoms with van der Waals surface area (Å²) in [5.41, 5.74) is 1.34. The molecule has 1 aromatic carbocycles. The van der Waals surface area contributed by atoms with Crippen LogP contribution in [0.25, 0.3) is 0 Å². The summed E-state index contributed by atoms with van der Waals surface area (Å²) in [6.07, 6.45) is 1.16. The lowest BCUT2D eigenvalue weighted by atomic mass is 10.0. The molecule has 1 aliphatic rings. The van der Waals surface area contributed by atoms with Crippen molar-refractivity contribution in [2.75, 3.05) is 25.5 Å². The minimum atomic E-state index is 0.422. The van der Waals surface area contributed by atoms with E-state index in [-0.39, 0.29) is 0 Å². The molecule has 1 N–H and O–H groups in total. The van der Waals surface area contributed by atoms with Crippen molar-refractivity contribution < 1.29 is 4.74 Å². The molecule has 1 unspecified atom stereocenters. The Morgan fingerprint density at radius 3 is 3.24 bits per heavy atom. The van der Waals surface area contributed by atoms with Crippen molar-refractivity contribution in [2.45, 2.75) is 24.3 Å². The van der Waals surface area contributed by atoms with E-state index in [0.717, 1.165) is 31.2 Å². The van der Waals surface area contributed by atoms with E-state index >= 15 is 0 Å². The lowest BCUT2D eigenvalue weighted by molar-refractivity contribution is 0.146. The van der Waals surface area contributed by atoms with Crippen molar-refractivity contribution in [2.24, 2.45) is 0 Å². The maximum atomic E-state index is 6.06. The minimum absolute atomic E-state index is 0.422. The molecule has 94 valence electrons. The first-order chi connectivity index (χ1) is 8.31. The van der Waals surface area contributed by atoms with E-state index in [2.05, 4.69) is 17.4 Å². The van der Waals surface area contributed by atoms with Crippen molar-refractivity contribution in [3.05, 3.63) is 28.8 Å². The minimum Gasteiger partial charge on any atom is -0.380 e. The molecule has 1 aliphatic heterocycles. The second kappa shape index (κ2) is 6.64. The van der Waals surface area contributed by atoms with Gasteiger partial charge in [-0.05, 0) is 42.9 Å². The second-order valence-electron chi connectivity index (χ2n) is 4.02. The normalized spacial score (nSPS) is 19.1. The highest BCUT2D eigenvalue weighted by Crippen LogP contribution is 2.37. The van der Waals surface area contributed by atoms with Gasteiger partial charge in [0.25, 0.3) is 0 Å². The molecule has 0 aliphatic carbocycles. The van der Waals surface area contributed by atoms with Crippen LogP contribution in [0.4, 0.5) is 0 Å². The number of ether oxygens (including phenoxy) is 1. The van der Waals surface area contributed by atoms with Crippen LogP contribution in [0, 0.1) is 0 Å². The summed E-state index contributed by atoms with van der Waals surface area (Å²) in [5, 5.41) is 4.36. The van der Waals surface area contributed by atoms with Crippen molar-refractivity contribution in [3.63, 3.8) is 0 Å². The summed E-state index contributed by atoms with van der Waals surface area (Å²) >= 11 is 7.98. The third kappa shape index (κ3) is 3.62. The molecule has 0 amide bonds. The Bertz CT molecular complexity index is 372. The Morgan fingerprint density at radius 2 is 2.41 bits per heavy atom. The molecule has 0 bridgehead atoms. The van der Waals surface area contributed by atoms with E-state index in [1.807, 2.05) is 24.8 Å². The van der Waals surface area contributed by atoms with Crippen LogP contribution in [0.2, 0.25) is 5.02 Å². The highest BCUT2D eigenvalue weighted by Gasteiger charge is 2.20. The van der Waals surface area contributed by atoms with Crippen molar-refractivity contribution >= 4 is 23.4 Å². The van der Waals surface area contributed by atoms with Crippen LogP contribution in [-0.2, 0) is 4.74 Å². The standard InChI is InChI=1S/C13H18ClNOS/c1-2-16-7-6-15-12-5-8-17-13-4-3-10(14)9-11(12)13/h3-4,9,12,15H,2,5-8H2,1H3. The largest absolute Gasteiger partial charge is 0.380 e. The molecule has 1 heterocycles. The van der Waals surface area contributed by atoms with Gasteiger partial charge in [-0.2, -0.15) is 0 Å². The molecule has 1 atom stereocenters. The molecule has 0 aromatic heterocycles. The third-order valence-corrected chi connectivity index (χ3v) is 4.21. The van der Waals surface area contributed by atoms with E-state index in [1.165, 1.54) is 16.2 Å². The van der Waals surface area contributed by atoms with Crippen LogP contribution >= 0.6 is 23.4 Å². The van der Waals surface area contributed by atoms with Gasteiger partial charge in [-0.1, -0.05) is 11.6 Å². The predicted molar refractivity (Wildman–Crippen MR) is 74.0 cm³/mol. The third-order valence-electron chi connectivity index (χ3n) is 2.85. The highest BCUT2D eigenvalue weighted by molar-refractivity contribution is 7.99. The van der Waals surface area contributed by atoms with Gasteiger partial charge in [0.2, 0.25) is 0 Å². The Hall–Kier alpha value is -0.220. The van der Waals surface area contributed by atoms with E-state index in [0.29, 0.717) is 6.04 Å². The van der Waals surface area contributed by atoms with E-state index < -0.39 is 0 Å². The first-order valence-electron chi connectivity index (χ1n) is 6.04. The fourth-order valence-corrected chi connectivity index (χ4v) is 3.31. The van der Waals surface area contributed by atoms with Gasteiger partial charge in [0.15, 0.2) is 0 Å². The molecule has 4 heteroatoms. The van der Waals surface area contributed by atoms with Crippen LogP contribution in [0.5, 0.6) is 0 Å². The van der Waals surface area contributed by atoms with Crippen LogP contribution in [-0.4, -0.2) is 25.5 Å². The number of hydrogen-bond acceptors (Lipinski definition) is 3. The summed E-state index contributed by atoms with van der Waals surface area (Å²) in [6, 6.07) is 6.60. The summed E-state index contributed by atoms with van der Waals surface area (Å²) in [5.74, 6) is 1.17. The number of hydrogen-bond donors (Lipinski definition) is 1. The van der Waals surface area contributed by atoms with Gasteiger partial charge in [0, 0.05) is 29.1 Å². The van der Waals surface area contributed by atoms with Crippen LogP contribution in [0.15, 0.2) is 23.1 Å². The van der Waals surface area contributed by atoms with Crippen LogP contribution in [0.1, 0.15) is 24.9 Å². The zero-order valence-corrected chi connectivity index (χ0v) is 11.6. The zero-order valence-electron chi connectivity index (χ0n) is 10.0. The number of rotatable bonds is 5. The highest BCUT2D eigenvalue weighted by atomic mass is 35.5. The number of thioether (sulfide) groups is 1. The van der Waals surface area contributed by atoms with Gasteiger partial charge in [0.1, 0.15) is 0 Å². The van der Waals surface area contributed by atoms with Gasteiger partial charge in [0.05, 0.1) is 6.61 Å². The Balaban J connectivity index is 1.98. The number of nitrogens with one attached hydrogen (secondary N) is 1. The molecular weight excluding hydrogens is 254 g/mol. The first-order valence-corrected chi connectivity index (χ1v) is 7.41. The summed E-state index contributed by atoms with van der Waals surface area (Å²) in [6.45, 7) is 4.47. The maximum absolute atomic E-state index is 6.06. The van der Waals surface area contributed by atoms with Gasteiger partial charge >= 0.3 is 0 Å². The Kier molecular flexibility index (Phi) is 5.16. The molecule has 0 saturated carbocycles. The Morgan fingerprint density at radius 1 is 1.53 bits per heavy atom. The summed E-state index contributed by atoms with van der Waals surface area (Å²) in [4.78, 5) is 1.36. The zero-order chi connectivity index (χ0) is 12.1. The van der Waals surface area contributed by atoms with Gasteiger partial charge < -0.3 is 10.1 Å². The average Bonchev–Trinajstić information content (AvgIpc) is 2.35. The Labute approximate surface area is 112 Å². The van der Waals surface area contributed by atoms with Crippen molar-refractivity contribution in [1.82, 2.24) is 5.32 Å². The molecule has 2 nitrogen and oxygen atoms in total. The van der Waals surface area contributed by atoms with Crippen LogP contribution < -0.4 is 5.32 Å². The molecule has 2 rings (SSSR count). The van der Waals surface area contributed by atoms with Gasteiger partial charge in [-0.15, -0.1) is 11.8 Å². The number of halogens is 1. The fraction of sp³-hybridized carbons (Fsp3) is 0.538. The van der Waals surface area contributed by atoms with Crippen molar-refractivity contribution in [3.8, 4) is 0 Å². The lowest BCUT2D eigenvalue weighted by Gasteiger charge is -2.26. The van der Waals surface area contributed by atoms with E-state index in [9.17, 15) is 0 Å². The topological polar surface area (TPSA) is 21.3 Å². The molecule has 1 aromatic rings. The smallest absolute Gasteiger partial charge is 0.0590 e. The molecule has 17 heavy (non-hydrogen) atoms. The van der Waals surface area contributed by atoms with Gasteiger partial charge in [-0.3, -0.25) is 0 Å². The van der Waals surface area contributed by atoms with E-state index in [1.54, 1.807) is 0 Å².